The molecule has 3 nitrogen and oxygen atoms in total. The zero-order chi connectivity index (χ0) is 14.1. The Balaban J connectivity index is 2.30. The second-order valence-electron chi connectivity index (χ2n) is 4.76. The first kappa shape index (κ1) is 12.9. The third-order valence-corrected chi connectivity index (χ3v) is 3.45. The average Bonchev–Trinajstić information content (AvgIpc) is 2.46. The van der Waals surface area contributed by atoms with E-state index in [1.165, 1.54) is 0 Å². The predicted molar refractivity (Wildman–Crippen MR) is 84.3 cm³/mol. The van der Waals surface area contributed by atoms with Gasteiger partial charge in [-0.25, -0.2) is 9.97 Å². The number of rotatable bonds is 2. The maximum absolute atomic E-state index is 6.25. The summed E-state index contributed by atoms with van der Waals surface area (Å²) in [5, 5.41) is 1.70. The first-order chi connectivity index (χ1) is 9.66. The smallest absolute Gasteiger partial charge is 0.163 e. The first-order valence-electron chi connectivity index (χ1n) is 6.36. The highest BCUT2D eigenvalue weighted by Crippen LogP contribution is 2.29. The molecule has 0 aliphatic carbocycles. The molecule has 0 aliphatic rings. The minimum absolute atomic E-state index is 0.651. The fraction of sp³-hybridized carbons (Fsp3) is 0.125. The van der Waals surface area contributed by atoms with E-state index in [4.69, 9.17) is 11.6 Å². The Morgan fingerprint density at radius 2 is 1.60 bits per heavy atom. The van der Waals surface area contributed by atoms with Crippen molar-refractivity contribution in [3.05, 3.63) is 53.6 Å². The first-order valence-corrected chi connectivity index (χ1v) is 6.73. The van der Waals surface area contributed by atoms with Gasteiger partial charge in [0.25, 0.3) is 0 Å². The highest BCUT2D eigenvalue weighted by Gasteiger charge is 2.12. The molecule has 0 bridgehead atoms. The van der Waals surface area contributed by atoms with Gasteiger partial charge in [0.05, 0.1) is 10.5 Å². The minimum Gasteiger partial charge on any atom is -0.362 e. The summed E-state index contributed by atoms with van der Waals surface area (Å²) in [6.45, 7) is 0. The maximum atomic E-state index is 6.25. The van der Waals surface area contributed by atoms with Gasteiger partial charge in [-0.3, -0.25) is 0 Å². The van der Waals surface area contributed by atoms with Gasteiger partial charge in [-0.2, -0.15) is 0 Å². The van der Waals surface area contributed by atoms with Crippen LogP contribution in [0.25, 0.3) is 22.3 Å². The molecular formula is C16H14ClN3. The number of benzene rings is 2. The molecule has 0 atom stereocenters. The topological polar surface area (TPSA) is 29.0 Å². The minimum atomic E-state index is 0.651. The molecule has 3 rings (SSSR count). The Morgan fingerprint density at radius 3 is 2.35 bits per heavy atom. The van der Waals surface area contributed by atoms with Crippen molar-refractivity contribution in [2.75, 3.05) is 19.0 Å². The van der Waals surface area contributed by atoms with E-state index >= 15 is 0 Å². The highest BCUT2D eigenvalue weighted by atomic mass is 35.5. The van der Waals surface area contributed by atoms with Crippen molar-refractivity contribution in [3.8, 4) is 11.4 Å². The van der Waals surface area contributed by atoms with E-state index < -0.39 is 0 Å². The molecule has 0 fully saturated rings. The Hall–Kier alpha value is -2.13. The van der Waals surface area contributed by atoms with E-state index in [-0.39, 0.29) is 0 Å². The molecule has 0 spiro atoms. The van der Waals surface area contributed by atoms with Gasteiger partial charge >= 0.3 is 0 Å². The van der Waals surface area contributed by atoms with Crippen molar-refractivity contribution in [3.63, 3.8) is 0 Å². The number of hydrogen-bond donors (Lipinski definition) is 0. The van der Waals surface area contributed by atoms with Gasteiger partial charge in [0.15, 0.2) is 5.82 Å². The standard InChI is InChI=1S/C16H14ClN3/c1-20(2)16-12-8-4-6-10-14(12)18-15(19-16)11-7-3-5-9-13(11)17/h3-10H,1-2H3. The van der Waals surface area contributed by atoms with Crippen molar-refractivity contribution in [2.24, 2.45) is 0 Å². The van der Waals surface area contributed by atoms with Crippen LogP contribution in [0.1, 0.15) is 0 Å². The number of fused-ring (bicyclic) bond motifs is 1. The fourth-order valence-corrected chi connectivity index (χ4v) is 2.38. The number of anilines is 1. The number of hydrogen-bond acceptors (Lipinski definition) is 3. The summed E-state index contributed by atoms with van der Waals surface area (Å²) in [5.41, 5.74) is 1.77. The van der Waals surface area contributed by atoms with E-state index in [1.807, 2.05) is 67.5 Å². The molecule has 0 N–H and O–H groups in total. The molecule has 1 heterocycles. The second kappa shape index (κ2) is 5.10. The van der Waals surface area contributed by atoms with Crippen LogP contribution in [-0.2, 0) is 0 Å². The quantitative estimate of drug-likeness (QED) is 0.711. The summed E-state index contributed by atoms with van der Waals surface area (Å²) in [4.78, 5) is 11.3. The van der Waals surface area contributed by atoms with Crippen molar-refractivity contribution >= 4 is 28.3 Å². The molecule has 0 amide bonds. The molecule has 3 aromatic rings. The van der Waals surface area contributed by atoms with Crippen LogP contribution in [-0.4, -0.2) is 24.1 Å². The van der Waals surface area contributed by atoms with Crippen LogP contribution in [0.5, 0.6) is 0 Å². The van der Waals surface area contributed by atoms with Gasteiger partial charge in [0, 0.05) is 25.0 Å². The SMILES string of the molecule is CN(C)c1nc(-c2ccccc2Cl)nc2ccccc12. The van der Waals surface area contributed by atoms with Crippen LogP contribution < -0.4 is 4.90 Å². The van der Waals surface area contributed by atoms with Gasteiger partial charge in [0.2, 0.25) is 0 Å². The van der Waals surface area contributed by atoms with E-state index in [1.54, 1.807) is 0 Å². The Morgan fingerprint density at radius 1 is 0.900 bits per heavy atom. The van der Waals surface area contributed by atoms with Gasteiger partial charge in [-0.1, -0.05) is 35.9 Å². The normalized spacial score (nSPS) is 10.8. The van der Waals surface area contributed by atoms with Crippen molar-refractivity contribution in [2.45, 2.75) is 0 Å². The lowest BCUT2D eigenvalue weighted by Crippen LogP contribution is -2.12. The lowest BCUT2D eigenvalue weighted by Gasteiger charge is -2.15. The molecule has 20 heavy (non-hydrogen) atoms. The lowest BCUT2D eigenvalue weighted by atomic mass is 10.2. The van der Waals surface area contributed by atoms with Crippen LogP contribution >= 0.6 is 11.6 Å². The van der Waals surface area contributed by atoms with Gasteiger partial charge in [-0.05, 0) is 24.3 Å². The monoisotopic (exact) mass is 283 g/mol. The molecule has 2 aromatic carbocycles. The van der Waals surface area contributed by atoms with Crippen LogP contribution in [0, 0.1) is 0 Å². The molecule has 0 aliphatic heterocycles. The van der Waals surface area contributed by atoms with Crippen LogP contribution in [0.3, 0.4) is 0 Å². The summed E-state index contributed by atoms with van der Waals surface area (Å²) in [7, 11) is 3.95. The van der Waals surface area contributed by atoms with Crippen LogP contribution in [0.15, 0.2) is 48.5 Å². The number of aromatic nitrogens is 2. The van der Waals surface area contributed by atoms with E-state index in [2.05, 4.69) is 9.97 Å². The van der Waals surface area contributed by atoms with Crippen LogP contribution in [0.4, 0.5) is 5.82 Å². The van der Waals surface area contributed by atoms with Gasteiger partial charge < -0.3 is 4.90 Å². The number of halogens is 1. The van der Waals surface area contributed by atoms with Crippen molar-refractivity contribution in [1.29, 1.82) is 0 Å². The molecular weight excluding hydrogens is 270 g/mol. The number of nitrogens with zero attached hydrogens (tertiary/aromatic N) is 3. The molecule has 0 saturated carbocycles. The summed E-state index contributed by atoms with van der Waals surface area (Å²) in [6.07, 6.45) is 0. The van der Waals surface area contributed by atoms with Crippen molar-refractivity contribution < 1.29 is 0 Å². The summed E-state index contributed by atoms with van der Waals surface area (Å²) in [6, 6.07) is 15.6. The molecule has 4 heteroatoms. The summed E-state index contributed by atoms with van der Waals surface area (Å²) >= 11 is 6.25. The lowest BCUT2D eigenvalue weighted by molar-refractivity contribution is 1.07. The third kappa shape index (κ3) is 2.21. The summed E-state index contributed by atoms with van der Waals surface area (Å²) in [5.74, 6) is 1.54. The largest absolute Gasteiger partial charge is 0.362 e. The zero-order valence-electron chi connectivity index (χ0n) is 11.3. The Labute approximate surface area is 122 Å². The third-order valence-electron chi connectivity index (χ3n) is 3.12. The molecule has 0 unspecified atom stereocenters. The van der Waals surface area contributed by atoms with Gasteiger partial charge in [0.1, 0.15) is 5.82 Å². The zero-order valence-corrected chi connectivity index (χ0v) is 12.1. The number of para-hydroxylation sites is 1. The molecule has 0 saturated heterocycles. The maximum Gasteiger partial charge on any atom is 0.163 e. The van der Waals surface area contributed by atoms with Crippen molar-refractivity contribution in [1.82, 2.24) is 9.97 Å². The van der Waals surface area contributed by atoms with E-state index in [0.29, 0.717) is 10.8 Å². The molecule has 0 radical (unpaired) electrons. The van der Waals surface area contributed by atoms with E-state index in [0.717, 1.165) is 22.3 Å². The Bertz CT molecular complexity index is 769. The Kier molecular flexibility index (Phi) is 3.28. The highest BCUT2D eigenvalue weighted by molar-refractivity contribution is 6.33. The van der Waals surface area contributed by atoms with Crippen LogP contribution in [0.2, 0.25) is 5.02 Å². The average molecular weight is 284 g/mol. The molecule has 100 valence electrons. The predicted octanol–water partition coefficient (Wildman–Crippen LogP) is 4.02. The van der Waals surface area contributed by atoms with Gasteiger partial charge in [-0.15, -0.1) is 0 Å². The summed E-state index contributed by atoms with van der Waals surface area (Å²) < 4.78 is 0. The fourth-order valence-electron chi connectivity index (χ4n) is 2.16. The van der Waals surface area contributed by atoms with E-state index in [9.17, 15) is 0 Å². The molecule has 1 aromatic heterocycles. The second-order valence-corrected chi connectivity index (χ2v) is 5.17.